The highest BCUT2D eigenvalue weighted by Gasteiger charge is 2.12. The number of hydrogen-bond donors (Lipinski definition) is 1. The number of nitrogens with two attached hydrogens (primary N) is 1. The molecular weight excluding hydrogens is 320 g/mol. The van der Waals surface area contributed by atoms with Crippen LogP contribution in [-0.2, 0) is 6.54 Å². The summed E-state index contributed by atoms with van der Waals surface area (Å²) in [5.41, 5.74) is 10.6. The first-order valence-electron chi connectivity index (χ1n) is 6.13. The SMILES string of the molecule is Cc1ccc(Cn2nnc3c(Br)nc(N)nc32)cc1C. The predicted molar refractivity (Wildman–Crippen MR) is 80.2 cm³/mol. The number of aromatic nitrogens is 5. The van der Waals surface area contributed by atoms with Gasteiger partial charge in [-0.05, 0) is 46.5 Å². The smallest absolute Gasteiger partial charge is 0.223 e. The molecule has 20 heavy (non-hydrogen) atoms. The van der Waals surface area contributed by atoms with Crippen LogP contribution in [0.25, 0.3) is 11.2 Å². The van der Waals surface area contributed by atoms with Crippen molar-refractivity contribution in [3.63, 3.8) is 0 Å². The van der Waals surface area contributed by atoms with Crippen LogP contribution in [0.4, 0.5) is 5.95 Å². The van der Waals surface area contributed by atoms with E-state index in [1.165, 1.54) is 11.1 Å². The van der Waals surface area contributed by atoms with Crippen molar-refractivity contribution in [1.29, 1.82) is 0 Å². The average molecular weight is 333 g/mol. The zero-order valence-electron chi connectivity index (χ0n) is 11.1. The second kappa shape index (κ2) is 4.82. The Balaban J connectivity index is 2.04. The Morgan fingerprint density at radius 2 is 2.00 bits per heavy atom. The zero-order chi connectivity index (χ0) is 14.3. The maximum Gasteiger partial charge on any atom is 0.223 e. The van der Waals surface area contributed by atoms with Crippen LogP contribution < -0.4 is 5.73 Å². The fraction of sp³-hybridized carbons (Fsp3) is 0.231. The lowest BCUT2D eigenvalue weighted by Crippen LogP contribution is -2.05. The van der Waals surface area contributed by atoms with Crippen molar-refractivity contribution in [2.24, 2.45) is 0 Å². The summed E-state index contributed by atoms with van der Waals surface area (Å²) in [5.74, 6) is 0.202. The molecule has 0 saturated carbocycles. The van der Waals surface area contributed by atoms with Gasteiger partial charge in [-0.2, -0.15) is 4.98 Å². The molecule has 0 unspecified atom stereocenters. The molecule has 0 fully saturated rings. The Labute approximate surface area is 124 Å². The van der Waals surface area contributed by atoms with Crippen molar-refractivity contribution in [2.75, 3.05) is 5.73 Å². The van der Waals surface area contributed by atoms with E-state index in [9.17, 15) is 0 Å². The van der Waals surface area contributed by atoms with Gasteiger partial charge in [-0.15, -0.1) is 5.10 Å². The first-order chi connectivity index (χ1) is 9.54. The quantitative estimate of drug-likeness (QED) is 0.727. The van der Waals surface area contributed by atoms with Gasteiger partial charge in [-0.25, -0.2) is 9.67 Å². The van der Waals surface area contributed by atoms with Gasteiger partial charge >= 0.3 is 0 Å². The molecule has 0 saturated heterocycles. The van der Waals surface area contributed by atoms with E-state index in [0.717, 1.165) is 5.56 Å². The summed E-state index contributed by atoms with van der Waals surface area (Å²) < 4.78 is 2.29. The van der Waals surface area contributed by atoms with Crippen molar-refractivity contribution >= 4 is 33.0 Å². The van der Waals surface area contributed by atoms with E-state index in [-0.39, 0.29) is 5.95 Å². The van der Waals surface area contributed by atoms with E-state index >= 15 is 0 Å². The third kappa shape index (κ3) is 2.24. The Bertz CT molecular complexity index is 795. The minimum Gasteiger partial charge on any atom is -0.368 e. The van der Waals surface area contributed by atoms with Crippen LogP contribution in [0.2, 0.25) is 0 Å². The minimum absolute atomic E-state index is 0.202. The molecule has 2 aromatic heterocycles. The van der Waals surface area contributed by atoms with Crippen LogP contribution in [0.1, 0.15) is 16.7 Å². The van der Waals surface area contributed by atoms with Crippen LogP contribution in [-0.4, -0.2) is 25.0 Å². The Hall–Kier alpha value is -2.02. The van der Waals surface area contributed by atoms with Crippen molar-refractivity contribution < 1.29 is 0 Å². The second-order valence-electron chi connectivity index (χ2n) is 4.71. The molecule has 0 atom stereocenters. The summed E-state index contributed by atoms with van der Waals surface area (Å²) in [7, 11) is 0. The van der Waals surface area contributed by atoms with Crippen LogP contribution in [0.3, 0.4) is 0 Å². The van der Waals surface area contributed by atoms with Gasteiger partial charge in [0.15, 0.2) is 11.2 Å². The summed E-state index contributed by atoms with van der Waals surface area (Å²) in [4.78, 5) is 8.22. The van der Waals surface area contributed by atoms with E-state index in [4.69, 9.17) is 5.73 Å². The lowest BCUT2D eigenvalue weighted by Gasteiger charge is -2.06. The first kappa shape index (κ1) is 13.0. The minimum atomic E-state index is 0.202. The summed E-state index contributed by atoms with van der Waals surface area (Å²) >= 11 is 3.32. The summed E-state index contributed by atoms with van der Waals surface area (Å²) in [6.07, 6.45) is 0. The van der Waals surface area contributed by atoms with E-state index in [1.807, 2.05) is 0 Å². The highest BCUT2D eigenvalue weighted by molar-refractivity contribution is 9.10. The molecule has 7 heteroatoms. The van der Waals surface area contributed by atoms with Crippen molar-refractivity contribution in [3.05, 3.63) is 39.5 Å². The number of aryl methyl sites for hydroxylation is 2. The molecule has 2 N–H and O–H groups in total. The summed E-state index contributed by atoms with van der Waals surface area (Å²) in [6, 6.07) is 6.32. The number of fused-ring (bicyclic) bond motifs is 1. The number of nitrogen functional groups attached to an aromatic ring is 1. The highest BCUT2D eigenvalue weighted by Crippen LogP contribution is 2.20. The third-order valence-electron chi connectivity index (χ3n) is 3.24. The lowest BCUT2D eigenvalue weighted by molar-refractivity contribution is 0.664. The number of rotatable bonds is 2. The predicted octanol–water partition coefficient (Wildman–Crippen LogP) is 2.23. The zero-order valence-corrected chi connectivity index (χ0v) is 12.7. The fourth-order valence-corrected chi connectivity index (χ4v) is 2.46. The maximum atomic E-state index is 5.67. The number of nitrogens with zero attached hydrogens (tertiary/aromatic N) is 5. The number of hydrogen-bond acceptors (Lipinski definition) is 5. The normalized spacial score (nSPS) is 11.2. The Morgan fingerprint density at radius 3 is 2.75 bits per heavy atom. The largest absolute Gasteiger partial charge is 0.368 e. The van der Waals surface area contributed by atoms with Crippen LogP contribution in [0.15, 0.2) is 22.8 Å². The van der Waals surface area contributed by atoms with Gasteiger partial charge in [0.25, 0.3) is 0 Å². The molecule has 0 aliphatic rings. The second-order valence-corrected chi connectivity index (χ2v) is 5.46. The molecule has 0 bridgehead atoms. The first-order valence-corrected chi connectivity index (χ1v) is 6.92. The molecule has 102 valence electrons. The molecule has 1 aromatic carbocycles. The van der Waals surface area contributed by atoms with E-state index in [2.05, 4.69) is 68.3 Å². The van der Waals surface area contributed by atoms with Crippen molar-refractivity contribution in [2.45, 2.75) is 20.4 Å². The molecule has 0 aliphatic heterocycles. The lowest BCUT2D eigenvalue weighted by atomic mass is 10.1. The van der Waals surface area contributed by atoms with Gasteiger partial charge in [0, 0.05) is 0 Å². The van der Waals surface area contributed by atoms with E-state index < -0.39 is 0 Å². The summed E-state index contributed by atoms with van der Waals surface area (Å²) in [6.45, 7) is 4.78. The topological polar surface area (TPSA) is 82.5 Å². The molecule has 0 amide bonds. The molecule has 2 heterocycles. The summed E-state index contributed by atoms with van der Waals surface area (Å²) in [5, 5.41) is 8.20. The fourth-order valence-electron chi connectivity index (χ4n) is 2.02. The van der Waals surface area contributed by atoms with Crippen molar-refractivity contribution in [3.8, 4) is 0 Å². The molecule has 0 spiro atoms. The van der Waals surface area contributed by atoms with Gasteiger partial charge < -0.3 is 5.73 Å². The van der Waals surface area contributed by atoms with Crippen molar-refractivity contribution in [1.82, 2.24) is 25.0 Å². The third-order valence-corrected chi connectivity index (χ3v) is 3.79. The average Bonchev–Trinajstić information content (AvgIpc) is 2.77. The van der Waals surface area contributed by atoms with Gasteiger partial charge in [-0.3, -0.25) is 0 Å². The molecule has 3 rings (SSSR count). The molecular formula is C13H13BrN6. The number of benzene rings is 1. The highest BCUT2D eigenvalue weighted by atomic mass is 79.9. The van der Waals surface area contributed by atoms with Gasteiger partial charge in [0.2, 0.25) is 5.95 Å². The van der Waals surface area contributed by atoms with E-state index in [1.54, 1.807) is 4.68 Å². The molecule has 3 aromatic rings. The Kier molecular flexibility index (Phi) is 3.13. The monoisotopic (exact) mass is 332 g/mol. The van der Waals surface area contributed by atoms with Gasteiger partial charge in [0.05, 0.1) is 6.54 Å². The molecule has 0 aliphatic carbocycles. The standard InChI is InChI=1S/C13H13BrN6/c1-7-3-4-9(5-8(7)2)6-20-12-10(18-19-20)11(14)16-13(15)17-12/h3-5H,6H2,1-2H3,(H2,15,16,17). The van der Waals surface area contributed by atoms with E-state index in [0.29, 0.717) is 22.3 Å². The Morgan fingerprint density at radius 1 is 1.20 bits per heavy atom. The molecule has 6 nitrogen and oxygen atoms in total. The van der Waals surface area contributed by atoms with Crippen LogP contribution >= 0.6 is 15.9 Å². The number of halogens is 1. The number of anilines is 1. The van der Waals surface area contributed by atoms with Crippen LogP contribution in [0.5, 0.6) is 0 Å². The van der Waals surface area contributed by atoms with Gasteiger partial charge in [-0.1, -0.05) is 23.4 Å². The van der Waals surface area contributed by atoms with Gasteiger partial charge in [0.1, 0.15) is 4.60 Å². The maximum absolute atomic E-state index is 5.67. The molecule has 0 radical (unpaired) electrons. The van der Waals surface area contributed by atoms with Crippen LogP contribution in [0, 0.1) is 13.8 Å².